The quantitative estimate of drug-likeness (QED) is 0.403. The van der Waals surface area contributed by atoms with Gasteiger partial charge < -0.3 is 15.4 Å². The summed E-state index contributed by atoms with van der Waals surface area (Å²) in [6.07, 6.45) is 5.70. The van der Waals surface area contributed by atoms with Crippen molar-refractivity contribution in [2.45, 2.75) is 38.7 Å². The minimum absolute atomic E-state index is 0.0990. The van der Waals surface area contributed by atoms with Gasteiger partial charge in [0, 0.05) is 25.9 Å². The van der Waals surface area contributed by atoms with Gasteiger partial charge in [-0.25, -0.2) is 0 Å². The van der Waals surface area contributed by atoms with E-state index >= 15 is 0 Å². The Kier molecular flexibility index (Phi) is 6.89. The van der Waals surface area contributed by atoms with E-state index in [0.717, 1.165) is 38.8 Å². The van der Waals surface area contributed by atoms with Crippen molar-refractivity contribution in [2.24, 2.45) is 0 Å². The number of unbranched alkanes of at least 4 members (excludes halogenated alkanes) is 1. The van der Waals surface area contributed by atoms with Crippen LogP contribution in [0.4, 0.5) is 0 Å². The van der Waals surface area contributed by atoms with Crippen molar-refractivity contribution in [1.82, 2.24) is 10.6 Å². The molecule has 1 amide bonds. The van der Waals surface area contributed by atoms with Gasteiger partial charge in [0.15, 0.2) is 0 Å². The van der Waals surface area contributed by atoms with Crippen molar-refractivity contribution in [3.05, 3.63) is 11.8 Å². The van der Waals surface area contributed by atoms with Gasteiger partial charge >= 0.3 is 0 Å². The minimum atomic E-state index is -0.336. The predicted octanol–water partition coefficient (Wildman–Crippen LogP) is 1.08. The number of nitrogens with zero attached hydrogens (tertiary/aromatic N) is 1. The Labute approximate surface area is 108 Å². The summed E-state index contributed by atoms with van der Waals surface area (Å²) in [5, 5.41) is 14.6. The van der Waals surface area contributed by atoms with Gasteiger partial charge in [0.05, 0.1) is 6.10 Å². The smallest absolute Gasteiger partial charge is 0.263 e. The number of ether oxygens (including phenoxy) is 1. The maximum absolute atomic E-state index is 11.7. The van der Waals surface area contributed by atoms with Crippen LogP contribution in [0.3, 0.4) is 0 Å². The number of hydrogen-bond acceptors (Lipinski definition) is 4. The largest absolute Gasteiger partial charge is 0.390 e. The van der Waals surface area contributed by atoms with E-state index in [4.69, 9.17) is 10.00 Å². The van der Waals surface area contributed by atoms with E-state index < -0.39 is 0 Å². The average molecular weight is 251 g/mol. The van der Waals surface area contributed by atoms with E-state index in [0.29, 0.717) is 6.54 Å². The number of carbonyl (C=O) groups is 1. The molecule has 5 heteroatoms. The van der Waals surface area contributed by atoms with Gasteiger partial charge in [-0.05, 0) is 19.3 Å². The summed E-state index contributed by atoms with van der Waals surface area (Å²) in [4.78, 5) is 11.7. The molecule has 0 aromatic carbocycles. The zero-order valence-electron chi connectivity index (χ0n) is 10.9. The second kappa shape index (κ2) is 8.54. The van der Waals surface area contributed by atoms with E-state index in [9.17, 15) is 4.79 Å². The van der Waals surface area contributed by atoms with Crippen LogP contribution >= 0.6 is 0 Å². The first-order chi connectivity index (χ1) is 8.77. The Morgan fingerprint density at radius 3 is 3.06 bits per heavy atom. The molecule has 0 radical (unpaired) electrons. The molecule has 0 saturated carbocycles. The maximum Gasteiger partial charge on any atom is 0.263 e. The van der Waals surface area contributed by atoms with Crippen LogP contribution in [0.2, 0.25) is 0 Å². The monoisotopic (exact) mass is 251 g/mol. The van der Waals surface area contributed by atoms with E-state index in [1.165, 1.54) is 6.20 Å². The first kappa shape index (κ1) is 14.5. The average Bonchev–Trinajstić information content (AvgIpc) is 2.89. The lowest BCUT2D eigenvalue weighted by Crippen LogP contribution is -2.33. The predicted molar refractivity (Wildman–Crippen MR) is 68.6 cm³/mol. The molecule has 1 rings (SSSR count). The molecular formula is C13H21N3O2. The van der Waals surface area contributed by atoms with Gasteiger partial charge in [-0.2, -0.15) is 5.26 Å². The molecule has 5 nitrogen and oxygen atoms in total. The SMILES string of the molecule is CCCCN/C=C(/C#N)C(=O)NCC1CCCO1. The summed E-state index contributed by atoms with van der Waals surface area (Å²) in [5.74, 6) is -0.336. The summed E-state index contributed by atoms with van der Waals surface area (Å²) in [6.45, 7) is 4.11. The Balaban J connectivity index is 2.29. The van der Waals surface area contributed by atoms with Crippen LogP contribution in [0.15, 0.2) is 11.8 Å². The first-order valence-corrected chi connectivity index (χ1v) is 6.51. The number of nitriles is 1. The number of hydrogen-bond donors (Lipinski definition) is 2. The number of carbonyl (C=O) groups excluding carboxylic acids is 1. The van der Waals surface area contributed by atoms with Crippen molar-refractivity contribution in [3.63, 3.8) is 0 Å². The molecular weight excluding hydrogens is 230 g/mol. The van der Waals surface area contributed by atoms with E-state index in [1.54, 1.807) is 0 Å². The Bertz CT molecular complexity index is 328. The maximum atomic E-state index is 11.7. The van der Waals surface area contributed by atoms with Gasteiger partial charge in [-0.1, -0.05) is 13.3 Å². The highest BCUT2D eigenvalue weighted by molar-refractivity contribution is 5.97. The van der Waals surface area contributed by atoms with Gasteiger partial charge in [0.2, 0.25) is 0 Å². The van der Waals surface area contributed by atoms with Crippen molar-refractivity contribution in [1.29, 1.82) is 5.26 Å². The van der Waals surface area contributed by atoms with Gasteiger partial charge in [-0.3, -0.25) is 4.79 Å². The summed E-state index contributed by atoms with van der Waals surface area (Å²) in [6, 6.07) is 1.90. The molecule has 0 bridgehead atoms. The van der Waals surface area contributed by atoms with Crippen molar-refractivity contribution in [3.8, 4) is 6.07 Å². The van der Waals surface area contributed by atoms with Gasteiger partial charge in [0.1, 0.15) is 11.6 Å². The van der Waals surface area contributed by atoms with E-state index in [2.05, 4.69) is 17.6 Å². The molecule has 1 saturated heterocycles. The normalized spacial score (nSPS) is 19.3. The molecule has 1 atom stereocenters. The molecule has 0 aromatic rings. The summed E-state index contributed by atoms with van der Waals surface area (Å²) in [7, 11) is 0. The lowest BCUT2D eigenvalue weighted by Gasteiger charge is -2.10. The number of rotatable bonds is 7. The van der Waals surface area contributed by atoms with Crippen LogP contribution in [-0.4, -0.2) is 31.7 Å². The van der Waals surface area contributed by atoms with E-state index in [-0.39, 0.29) is 17.6 Å². The fourth-order valence-electron chi connectivity index (χ4n) is 1.71. The molecule has 100 valence electrons. The number of amides is 1. The second-order valence-corrected chi connectivity index (χ2v) is 4.32. The van der Waals surface area contributed by atoms with Crippen molar-refractivity contribution >= 4 is 5.91 Å². The molecule has 18 heavy (non-hydrogen) atoms. The molecule has 1 heterocycles. The Morgan fingerprint density at radius 1 is 1.61 bits per heavy atom. The fraction of sp³-hybridized carbons (Fsp3) is 0.692. The Hall–Kier alpha value is -1.54. The fourth-order valence-corrected chi connectivity index (χ4v) is 1.71. The third kappa shape index (κ3) is 5.19. The molecule has 2 N–H and O–H groups in total. The third-order valence-electron chi connectivity index (χ3n) is 2.80. The highest BCUT2D eigenvalue weighted by Gasteiger charge is 2.17. The zero-order valence-corrected chi connectivity index (χ0v) is 10.9. The highest BCUT2D eigenvalue weighted by atomic mass is 16.5. The molecule has 1 unspecified atom stereocenters. The summed E-state index contributed by atoms with van der Waals surface area (Å²) >= 11 is 0. The first-order valence-electron chi connectivity index (χ1n) is 6.51. The molecule has 1 aliphatic rings. The van der Waals surface area contributed by atoms with Crippen LogP contribution in [0, 0.1) is 11.3 Å². The van der Waals surface area contributed by atoms with Gasteiger partial charge in [-0.15, -0.1) is 0 Å². The lowest BCUT2D eigenvalue weighted by atomic mass is 10.2. The molecule has 1 fully saturated rings. The van der Waals surface area contributed by atoms with Crippen LogP contribution in [0.1, 0.15) is 32.6 Å². The second-order valence-electron chi connectivity index (χ2n) is 4.32. The van der Waals surface area contributed by atoms with Crippen LogP contribution < -0.4 is 10.6 Å². The van der Waals surface area contributed by atoms with Crippen LogP contribution in [-0.2, 0) is 9.53 Å². The van der Waals surface area contributed by atoms with Crippen LogP contribution in [0.5, 0.6) is 0 Å². The molecule has 0 aliphatic carbocycles. The van der Waals surface area contributed by atoms with Crippen molar-refractivity contribution < 1.29 is 9.53 Å². The standard InChI is InChI=1S/C13H21N3O2/c1-2-3-6-15-9-11(8-14)13(17)16-10-12-5-4-7-18-12/h9,12,15H,2-7,10H2,1H3,(H,16,17)/b11-9-. The highest BCUT2D eigenvalue weighted by Crippen LogP contribution is 2.10. The Morgan fingerprint density at radius 2 is 2.44 bits per heavy atom. The number of nitrogens with one attached hydrogen (secondary N) is 2. The molecule has 0 aromatic heterocycles. The topological polar surface area (TPSA) is 74.2 Å². The van der Waals surface area contributed by atoms with Crippen LogP contribution in [0.25, 0.3) is 0 Å². The third-order valence-corrected chi connectivity index (χ3v) is 2.80. The van der Waals surface area contributed by atoms with Gasteiger partial charge in [0.25, 0.3) is 5.91 Å². The summed E-state index contributed by atoms with van der Waals surface area (Å²) < 4.78 is 5.40. The zero-order chi connectivity index (χ0) is 13.2. The summed E-state index contributed by atoms with van der Waals surface area (Å²) in [5.41, 5.74) is 0.115. The van der Waals surface area contributed by atoms with E-state index in [1.807, 2.05) is 6.07 Å². The lowest BCUT2D eigenvalue weighted by molar-refractivity contribution is -0.117. The minimum Gasteiger partial charge on any atom is -0.390 e. The molecule has 0 spiro atoms. The van der Waals surface area contributed by atoms with Crippen molar-refractivity contribution in [2.75, 3.05) is 19.7 Å². The molecule has 1 aliphatic heterocycles.